The van der Waals surface area contributed by atoms with Gasteiger partial charge in [-0.3, -0.25) is 0 Å². The molecule has 1 aromatic rings. The van der Waals surface area contributed by atoms with Crippen molar-refractivity contribution < 1.29 is 9.63 Å². The molecule has 102 valence electrons. The second-order valence-electron chi connectivity index (χ2n) is 6.66. The van der Waals surface area contributed by atoms with Gasteiger partial charge in [0.25, 0.3) is 0 Å². The zero-order valence-corrected chi connectivity index (χ0v) is 11.6. The van der Waals surface area contributed by atoms with Crippen molar-refractivity contribution in [2.24, 2.45) is 11.3 Å². The van der Waals surface area contributed by atoms with Crippen LogP contribution in [0.1, 0.15) is 58.2 Å². The first-order chi connectivity index (χ1) is 8.44. The highest BCUT2D eigenvalue weighted by Gasteiger charge is 2.25. The molecule has 0 spiro atoms. The van der Waals surface area contributed by atoms with Crippen LogP contribution >= 0.6 is 0 Å². The van der Waals surface area contributed by atoms with E-state index in [1.165, 1.54) is 6.42 Å². The Kier molecular flexibility index (Phi) is 4.05. The SMILES string of the molecule is CC(C)(C)Cc1noc(CC2CCCCC2O)n1. The van der Waals surface area contributed by atoms with Gasteiger partial charge in [0, 0.05) is 12.8 Å². The molecule has 1 aliphatic rings. The fourth-order valence-corrected chi connectivity index (χ4v) is 2.57. The summed E-state index contributed by atoms with van der Waals surface area (Å²) in [4.78, 5) is 4.44. The molecule has 1 fully saturated rings. The highest BCUT2D eigenvalue weighted by Crippen LogP contribution is 2.27. The number of rotatable bonds is 3. The van der Waals surface area contributed by atoms with Crippen LogP contribution in [-0.2, 0) is 12.8 Å². The van der Waals surface area contributed by atoms with Crippen LogP contribution in [0, 0.1) is 11.3 Å². The van der Waals surface area contributed by atoms with Gasteiger partial charge in [0.1, 0.15) is 0 Å². The summed E-state index contributed by atoms with van der Waals surface area (Å²) in [6, 6.07) is 0. The summed E-state index contributed by atoms with van der Waals surface area (Å²) >= 11 is 0. The zero-order chi connectivity index (χ0) is 13.2. The van der Waals surface area contributed by atoms with Crippen LogP contribution in [0.15, 0.2) is 4.52 Å². The molecule has 18 heavy (non-hydrogen) atoms. The van der Waals surface area contributed by atoms with Gasteiger partial charge in [0.2, 0.25) is 5.89 Å². The van der Waals surface area contributed by atoms with Gasteiger partial charge >= 0.3 is 0 Å². The quantitative estimate of drug-likeness (QED) is 0.898. The van der Waals surface area contributed by atoms with Crippen LogP contribution in [0.5, 0.6) is 0 Å². The molecular weight excluding hydrogens is 228 g/mol. The van der Waals surface area contributed by atoms with E-state index in [2.05, 4.69) is 30.9 Å². The van der Waals surface area contributed by atoms with Crippen LogP contribution in [0.4, 0.5) is 0 Å². The minimum Gasteiger partial charge on any atom is -0.393 e. The molecule has 1 N–H and O–H groups in total. The molecule has 4 heteroatoms. The first-order valence-electron chi connectivity index (χ1n) is 6.93. The van der Waals surface area contributed by atoms with E-state index in [4.69, 9.17) is 4.52 Å². The van der Waals surface area contributed by atoms with Crippen molar-refractivity contribution >= 4 is 0 Å². The normalized spacial score (nSPS) is 25.3. The molecule has 0 radical (unpaired) electrons. The zero-order valence-electron chi connectivity index (χ0n) is 11.6. The Hall–Kier alpha value is -0.900. The molecule has 1 saturated carbocycles. The molecule has 4 nitrogen and oxygen atoms in total. The fourth-order valence-electron chi connectivity index (χ4n) is 2.57. The van der Waals surface area contributed by atoms with Crippen molar-refractivity contribution in [3.8, 4) is 0 Å². The minimum absolute atomic E-state index is 0.172. The molecule has 1 aromatic heterocycles. The van der Waals surface area contributed by atoms with Crippen LogP contribution in [0.2, 0.25) is 0 Å². The van der Waals surface area contributed by atoms with Crippen molar-refractivity contribution in [3.05, 3.63) is 11.7 Å². The predicted molar refractivity (Wildman–Crippen MR) is 69.1 cm³/mol. The minimum atomic E-state index is -0.197. The highest BCUT2D eigenvalue weighted by molar-refractivity contribution is 4.92. The Bertz CT molecular complexity index is 381. The predicted octanol–water partition coefficient (Wildman–Crippen LogP) is 2.75. The van der Waals surface area contributed by atoms with Crippen molar-refractivity contribution in [2.45, 2.75) is 65.4 Å². The van der Waals surface area contributed by atoms with Gasteiger partial charge in [-0.05, 0) is 24.2 Å². The van der Waals surface area contributed by atoms with E-state index in [9.17, 15) is 5.11 Å². The van der Waals surface area contributed by atoms with Crippen LogP contribution < -0.4 is 0 Å². The van der Waals surface area contributed by atoms with E-state index < -0.39 is 0 Å². The number of aliphatic hydroxyl groups is 1. The molecule has 1 aliphatic carbocycles. The van der Waals surface area contributed by atoms with Crippen LogP contribution in [0.25, 0.3) is 0 Å². The number of aromatic nitrogens is 2. The average Bonchev–Trinajstić information content (AvgIpc) is 2.66. The van der Waals surface area contributed by atoms with E-state index >= 15 is 0 Å². The third-order valence-corrected chi connectivity index (χ3v) is 3.50. The molecule has 2 atom stereocenters. The van der Waals surface area contributed by atoms with Crippen molar-refractivity contribution in [3.63, 3.8) is 0 Å². The van der Waals surface area contributed by atoms with Gasteiger partial charge < -0.3 is 9.63 Å². The molecule has 0 saturated heterocycles. The van der Waals surface area contributed by atoms with Gasteiger partial charge in [-0.15, -0.1) is 0 Å². The fraction of sp³-hybridized carbons (Fsp3) is 0.857. The van der Waals surface area contributed by atoms with Crippen molar-refractivity contribution in [2.75, 3.05) is 0 Å². The van der Waals surface area contributed by atoms with Gasteiger partial charge in [-0.2, -0.15) is 4.98 Å². The van der Waals surface area contributed by atoms with E-state index in [1.807, 2.05) is 0 Å². The highest BCUT2D eigenvalue weighted by atomic mass is 16.5. The lowest BCUT2D eigenvalue weighted by atomic mass is 9.84. The Morgan fingerprint density at radius 2 is 2.00 bits per heavy atom. The Morgan fingerprint density at radius 3 is 2.67 bits per heavy atom. The van der Waals surface area contributed by atoms with Crippen molar-refractivity contribution in [1.29, 1.82) is 0 Å². The molecule has 2 rings (SSSR count). The van der Waals surface area contributed by atoms with Gasteiger partial charge in [0.15, 0.2) is 5.82 Å². The summed E-state index contributed by atoms with van der Waals surface area (Å²) < 4.78 is 5.29. The smallest absolute Gasteiger partial charge is 0.227 e. The summed E-state index contributed by atoms with van der Waals surface area (Å²) in [5.41, 5.74) is 0.172. The van der Waals surface area contributed by atoms with Crippen molar-refractivity contribution in [1.82, 2.24) is 10.1 Å². The summed E-state index contributed by atoms with van der Waals surface area (Å²) in [6.45, 7) is 6.48. The third-order valence-electron chi connectivity index (χ3n) is 3.50. The molecule has 0 bridgehead atoms. The van der Waals surface area contributed by atoms with Gasteiger partial charge in [-0.1, -0.05) is 38.8 Å². The second-order valence-corrected chi connectivity index (χ2v) is 6.66. The molecular formula is C14H24N2O2. The topological polar surface area (TPSA) is 59.2 Å². The lowest BCUT2D eigenvalue weighted by Crippen LogP contribution is -2.26. The first kappa shape index (κ1) is 13.5. The van der Waals surface area contributed by atoms with Gasteiger partial charge in [-0.25, -0.2) is 0 Å². The first-order valence-corrected chi connectivity index (χ1v) is 6.93. The maximum Gasteiger partial charge on any atom is 0.227 e. The Labute approximate surface area is 109 Å². The Balaban J connectivity index is 1.93. The maximum atomic E-state index is 9.93. The number of hydrogen-bond donors (Lipinski definition) is 1. The standard InChI is InChI=1S/C14H24N2O2/c1-14(2,3)9-12-15-13(18-16-12)8-10-6-4-5-7-11(10)17/h10-11,17H,4-9H2,1-3H3. The molecule has 0 amide bonds. The number of aliphatic hydroxyl groups excluding tert-OH is 1. The van der Waals surface area contributed by atoms with E-state index in [0.717, 1.165) is 37.9 Å². The summed E-state index contributed by atoms with van der Waals surface area (Å²) in [5.74, 6) is 1.75. The average molecular weight is 252 g/mol. The van der Waals surface area contributed by atoms with E-state index in [-0.39, 0.29) is 11.5 Å². The summed E-state index contributed by atoms with van der Waals surface area (Å²) in [6.07, 6.45) is 5.66. The van der Waals surface area contributed by atoms with E-state index in [1.54, 1.807) is 0 Å². The van der Waals surface area contributed by atoms with Gasteiger partial charge in [0.05, 0.1) is 6.10 Å². The lowest BCUT2D eigenvalue weighted by molar-refractivity contribution is 0.0657. The Morgan fingerprint density at radius 1 is 1.28 bits per heavy atom. The van der Waals surface area contributed by atoms with Crippen LogP contribution in [-0.4, -0.2) is 21.4 Å². The lowest BCUT2D eigenvalue weighted by Gasteiger charge is -2.26. The molecule has 0 aromatic carbocycles. The molecule has 1 heterocycles. The largest absolute Gasteiger partial charge is 0.393 e. The molecule has 2 unspecified atom stereocenters. The third kappa shape index (κ3) is 3.80. The number of nitrogens with zero attached hydrogens (tertiary/aromatic N) is 2. The summed E-state index contributed by atoms with van der Waals surface area (Å²) in [7, 11) is 0. The monoisotopic (exact) mass is 252 g/mol. The molecule has 0 aliphatic heterocycles. The summed E-state index contributed by atoms with van der Waals surface area (Å²) in [5, 5.41) is 14.0. The maximum absolute atomic E-state index is 9.93. The van der Waals surface area contributed by atoms with Crippen LogP contribution in [0.3, 0.4) is 0 Å². The van der Waals surface area contributed by atoms with E-state index in [0.29, 0.717) is 11.8 Å². The number of hydrogen-bond acceptors (Lipinski definition) is 4. The second kappa shape index (κ2) is 5.39.